The van der Waals surface area contributed by atoms with Gasteiger partial charge in [-0.15, -0.1) is 0 Å². The maximum Gasteiger partial charge on any atom is 0.260 e. The fraction of sp³-hybridized carbons (Fsp3) is 0.536. The van der Waals surface area contributed by atoms with Gasteiger partial charge in [0.15, 0.2) is 0 Å². The summed E-state index contributed by atoms with van der Waals surface area (Å²) in [5.41, 5.74) is 0.564. The van der Waals surface area contributed by atoms with E-state index in [0.717, 1.165) is 25.2 Å². The second-order valence-corrected chi connectivity index (χ2v) is 10.8. The van der Waals surface area contributed by atoms with Crippen LogP contribution in [0, 0.1) is 11.8 Å². The van der Waals surface area contributed by atoms with Gasteiger partial charge >= 0.3 is 0 Å². The van der Waals surface area contributed by atoms with Crippen LogP contribution in [-0.2, 0) is 4.74 Å². The van der Waals surface area contributed by atoms with Gasteiger partial charge in [-0.2, -0.15) is 0 Å². The van der Waals surface area contributed by atoms with Crippen molar-refractivity contribution in [1.29, 1.82) is 0 Å². The molecule has 0 spiro atoms. The maximum absolute atomic E-state index is 13.5. The number of phenolic OH excluding ortho intramolecular Hbond substituents is 2. The number of nitrogens with zero attached hydrogens (tertiary/aromatic N) is 1. The molecule has 190 valence electrons. The second-order valence-electron chi connectivity index (χ2n) is 10.8. The quantitative estimate of drug-likeness (QED) is 0.229. The number of anilines is 3. The van der Waals surface area contributed by atoms with E-state index in [1.807, 2.05) is 0 Å². The third-order valence-electron chi connectivity index (χ3n) is 7.36. The van der Waals surface area contributed by atoms with Gasteiger partial charge in [0.25, 0.3) is 5.91 Å². The summed E-state index contributed by atoms with van der Waals surface area (Å²) in [7, 11) is 0. The van der Waals surface area contributed by atoms with Gasteiger partial charge in [0.05, 0.1) is 23.4 Å². The summed E-state index contributed by atoms with van der Waals surface area (Å²) in [4.78, 5) is 15.0. The van der Waals surface area contributed by atoms with Crippen molar-refractivity contribution < 1.29 is 24.9 Å². The van der Waals surface area contributed by atoms with Crippen LogP contribution in [0.4, 0.5) is 17.1 Å². The molecule has 3 N–H and O–H groups in total. The second kappa shape index (κ2) is 9.97. The number of epoxide rings is 1. The van der Waals surface area contributed by atoms with Gasteiger partial charge in [0.1, 0.15) is 23.3 Å². The highest BCUT2D eigenvalue weighted by molar-refractivity contribution is 6.15. The Hall–Kier alpha value is -2.93. The minimum atomic E-state index is -0.370. The first-order chi connectivity index (χ1) is 16.6. The average molecular weight is 482 g/mol. The van der Waals surface area contributed by atoms with Crippen molar-refractivity contribution in [1.82, 2.24) is 0 Å². The smallest absolute Gasteiger partial charge is 0.260 e. The topological polar surface area (TPSA) is 108 Å². The van der Waals surface area contributed by atoms with Crippen LogP contribution in [0.15, 0.2) is 30.3 Å². The first-order valence-electron chi connectivity index (χ1n) is 12.7. The molecule has 7 nitrogen and oxygen atoms in total. The Labute approximate surface area is 207 Å². The summed E-state index contributed by atoms with van der Waals surface area (Å²) < 4.78 is 6.08. The van der Waals surface area contributed by atoms with Gasteiger partial charge in [-0.05, 0) is 31.2 Å². The highest BCUT2D eigenvalue weighted by Crippen LogP contribution is 2.48. The zero-order valence-electron chi connectivity index (χ0n) is 21.1. The van der Waals surface area contributed by atoms with E-state index in [2.05, 4.69) is 33.0 Å². The molecule has 2 aromatic rings. The fourth-order valence-electron chi connectivity index (χ4n) is 5.07. The Morgan fingerprint density at radius 1 is 1.11 bits per heavy atom. The molecule has 2 aliphatic heterocycles. The van der Waals surface area contributed by atoms with Crippen LogP contribution < -0.4 is 15.3 Å². The van der Waals surface area contributed by atoms with Crippen LogP contribution in [-0.4, -0.2) is 34.4 Å². The standard InChI is InChI=1S/C28H38N2O5/c1-17(2)8-5-9-18(3)10-7-13-28(4)24(35-28)16-30-21-14-19(31)15-23(33)26(21)29-25-20(27(30)34)11-6-12-22(25)32/h6,11-12,14-15,17-18,24,29,31-33H,5,7-10,13,16H2,1-4H3/p-1. The molecule has 2 heterocycles. The Bertz CT molecular complexity index is 1090. The molecule has 2 aliphatic rings. The van der Waals surface area contributed by atoms with Crippen molar-refractivity contribution in [2.75, 3.05) is 16.8 Å². The van der Waals surface area contributed by atoms with Gasteiger partial charge in [0.2, 0.25) is 0 Å². The summed E-state index contributed by atoms with van der Waals surface area (Å²) in [6, 6.07) is 7.13. The number of fused-ring (bicyclic) bond motifs is 2. The monoisotopic (exact) mass is 481 g/mol. The van der Waals surface area contributed by atoms with Gasteiger partial charge in [0, 0.05) is 17.8 Å². The van der Waals surface area contributed by atoms with Crippen LogP contribution >= 0.6 is 0 Å². The lowest BCUT2D eigenvalue weighted by molar-refractivity contribution is -0.267. The summed E-state index contributed by atoms with van der Waals surface area (Å²) >= 11 is 0. The van der Waals surface area contributed by atoms with Crippen LogP contribution in [0.25, 0.3) is 0 Å². The van der Waals surface area contributed by atoms with E-state index in [0.29, 0.717) is 11.6 Å². The molecular weight excluding hydrogens is 444 g/mol. The Morgan fingerprint density at radius 2 is 1.86 bits per heavy atom. The molecular formula is C28H37N2O5-. The van der Waals surface area contributed by atoms with Crippen LogP contribution in [0.5, 0.6) is 17.2 Å². The number of rotatable bonds is 10. The number of phenols is 2. The third kappa shape index (κ3) is 5.50. The molecule has 35 heavy (non-hydrogen) atoms. The maximum atomic E-state index is 13.5. The first kappa shape index (κ1) is 25.2. The molecule has 0 aromatic heterocycles. The number of carbonyl (C=O) groups excluding carboxylic acids is 1. The molecule has 1 amide bonds. The Kier molecular flexibility index (Phi) is 7.17. The molecule has 3 unspecified atom stereocenters. The number of hydrogen-bond donors (Lipinski definition) is 3. The van der Waals surface area contributed by atoms with E-state index in [1.54, 1.807) is 12.1 Å². The predicted octanol–water partition coefficient (Wildman–Crippen LogP) is 5.67. The number of ether oxygens (including phenoxy) is 1. The minimum absolute atomic E-state index is 0.119. The van der Waals surface area contributed by atoms with Gasteiger partial charge in [-0.3, -0.25) is 4.79 Å². The van der Waals surface area contributed by atoms with Crippen LogP contribution in [0.3, 0.4) is 0 Å². The van der Waals surface area contributed by atoms with Crippen molar-refractivity contribution in [3.63, 3.8) is 0 Å². The molecule has 1 saturated heterocycles. The summed E-state index contributed by atoms with van der Waals surface area (Å²) in [5, 5.41) is 36.0. The average Bonchev–Trinajstić information content (AvgIpc) is 3.44. The minimum Gasteiger partial charge on any atom is -0.871 e. The van der Waals surface area contributed by atoms with Crippen molar-refractivity contribution in [3.05, 3.63) is 35.9 Å². The molecule has 3 atom stereocenters. The van der Waals surface area contributed by atoms with E-state index in [4.69, 9.17) is 4.74 Å². The molecule has 0 aliphatic carbocycles. The highest BCUT2D eigenvalue weighted by atomic mass is 16.6. The van der Waals surface area contributed by atoms with Crippen molar-refractivity contribution in [2.45, 2.75) is 77.9 Å². The summed E-state index contributed by atoms with van der Waals surface area (Å²) in [5.74, 6) is 0.319. The number of para-hydroxylation sites is 1. The highest BCUT2D eigenvalue weighted by Gasteiger charge is 2.53. The number of nitrogens with one attached hydrogen (secondary N) is 1. The number of carbonyl (C=O) groups is 1. The fourth-order valence-corrected chi connectivity index (χ4v) is 5.07. The zero-order valence-corrected chi connectivity index (χ0v) is 21.1. The van der Waals surface area contributed by atoms with E-state index in [1.165, 1.54) is 42.4 Å². The molecule has 1 fully saturated rings. The van der Waals surface area contributed by atoms with Gasteiger partial charge in [-0.25, -0.2) is 0 Å². The molecule has 7 heteroatoms. The summed E-state index contributed by atoms with van der Waals surface area (Å²) in [6.45, 7) is 9.18. The van der Waals surface area contributed by atoms with E-state index in [9.17, 15) is 20.1 Å². The van der Waals surface area contributed by atoms with Crippen molar-refractivity contribution in [2.24, 2.45) is 11.8 Å². The molecule has 0 radical (unpaired) electrons. The number of aromatic hydroxyl groups is 2. The normalized spacial score (nSPS) is 21.8. The van der Waals surface area contributed by atoms with Crippen molar-refractivity contribution in [3.8, 4) is 17.2 Å². The van der Waals surface area contributed by atoms with Crippen molar-refractivity contribution >= 4 is 23.0 Å². The Morgan fingerprint density at radius 3 is 2.60 bits per heavy atom. The summed E-state index contributed by atoms with van der Waals surface area (Å²) in [6.07, 6.45) is 6.75. The molecule has 4 rings (SSSR count). The molecule has 0 saturated carbocycles. The van der Waals surface area contributed by atoms with E-state index < -0.39 is 0 Å². The lowest BCUT2D eigenvalue weighted by atomic mass is 9.92. The zero-order chi connectivity index (χ0) is 25.3. The van der Waals surface area contributed by atoms with Crippen LogP contribution in [0.1, 0.15) is 76.6 Å². The predicted molar refractivity (Wildman–Crippen MR) is 136 cm³/mol. The van der Waals surface area contributed by atoms with E-state index in [-0.39, 0.29) is 58.3 Å². The first-order valence-corrected chi connectivity index (χ1v) is 12.7. The lowest BCUT2D eigenvalue weighted by Gasteiger charge is -2.23. The third-order valence-corrected chi connectivity index (χ3v) is 7.36. The lowest BCUT2D eigenvalue weighted by Crippen LogP contribution is -2.35. The molecule has 0 bridgehead atoms. The molecule has 2 aromatic carbocycles. The Balaban J connectivity index is 1.46. The number of benzene rings is 2. The number of hydrogen-bond acceptors (Lipinski definition) is 6. The van der Waals surface area contributed by atoms with Gasteiger partial charge in [-0.1, -0.05) is 70.8 Å². The number of amides is 1. The SMILES string of the molecule is CC(C)CCCC(C)CCCC1(C)OC1CN1C(=O)c2cccc([O-])c2Nc2c(O)cc(O)cc21. The van der Waals surface area contributed by atoms with Gasteiger partial charge < -0.3 is 30.3 Å². The largest absolute Gasteiger partial charge is 0.871 e. The van der Waals surface area contributed by atoms with Crippen LogP contribution in [0.2, 0.25) is 0 Å². The van der Waals surface area contributed by atoms with E-state index >= 15 is 0 Å².